The predicted molar refractivity (Wildman–Crippen MR) is 398 cm³/mol. The minimum atomic E-state index is 0. The maximum Gasteiger partial charge on any atom is 0.155 e. The van der Waals surface area contributed by atoms with Gasteiger partial charge in [0.25, 0.3) is 0 Å². The van der Waals surface area contributed by atoms with Crippen LogP contribution in [0.1, 0.15) is 326 Å². The molecule has 8 nitrogen and oxygen atoms in total. The van der Waals surface area contributed by atoms with Crippen molar-refractivity contribution in [3.8, 4) is 0 Å². The summed E-state index contributed by atoms with van der Waals surface area (Å²) in [6.07, 6.45) is 34.8. The normalized spacial score (nSPS) is 26.1. The fraction of sp³-hybridized carbons (Fsp3) is 0.762. The smallest absolute Gasteiger partial charge is 0.155 e. The molecule has 6 rings (SSSR count). The summed E-state index contributed by atoms with van der Waals surface area (Å²) in [5, 5.41) is 0. The van der Waals surface area contributed by atoms with Crippen LogP contribution in [0.25, 0.3) is 0 Å². The van der Waals surface area contributed by atoms with E-state index in [1.54, 1.807) is 41.5 Å². The van der Waals surface area contributed by atoms with Gasteiger partial charge >= 0.3 is 0 Å². The second-order valence-electron chi connectivity index (χ2n) is 32.6. The Bertz CT molecular complexity index is 2380. The zero-order valence-corrected chi connectivity index (χ0v) is 65.4. The van der Waals surface area contributed by atoms with Gasteiger partial charge < -0.3 is 19.2 Å². The van der Waals surface area contributed by atoms with Crippen LogP contribution in [0.4, 0.5) is 0 Å². The molecule has 532 valence electrons. The van der Waals surface area contributed by atoms with Crippen LogP contribution < -0.4 is 0 Å². The maximum atomic E-state index is 11.2. The van der Waals surface area contributed by atoms with Crippen LogP contribution in [-0.4, -0.2) is 47.3 Å². The summed E-state index contributed by atoms with van der Waals surface area (Å²) in [4.78, 5) is 84.8. The average molecular weight is 1290 g/mol. The van der Waals surface area contributed by atoms with E-state index >= 15 is 0 Å². The minimum absolute atomic E-state index is 0. The van der Waals surface area contributed by atoms with E-state index in [0.717, 1.165) is 98.8 Å². The topological polar surface area (TPSA) is 137 Å². The molecule has 6 aliphatic rings. The first kappa shape index (κ1) is 89.9. The molecule has 0 radical (unpaired) electrons. The number of rotatable bonds is 20. The van der Waals surface area contributed by atoms with E-state index in [4.69, 9.17) is 0 Å². The van der Waals surface area contributed by atoms with E-state index in [1.165, 1.54) is 60.8 Å². The van der Waals surface area contributed by atoms with Crippen molar-refractivity contribution in [2.45, 2.75) is 323 Å². The predicted octanol–water partition coefficient (Wildman–Crippen LogP) is 23.5. The largest absolute Gasteiger partial charge is 0.303 e. The lowest BCUT2D eigenvalue weighted by Gasteiger charge is -2.31. The molecule has 0 aromatic carbocycles. The molecule has 2 fully saturated rings. The second kappa shape index (κ2) is 41.7. The first-order valence-corrected chi connectivity index (χ1v) is 36.0. The SMILES string of the molecule is CC(=O)/C(C)=C/C[C@@H]1CC=C(C)C1(C)C.CC(=O)/C(C)=C/C[C@H]1CC=C(C)C1(C)C.CC(=O)C(C)CC[C@@H]1CCC(C)C1(C)C.CC(=O)C(C)CC[C@H]1CCC(C)C1(C)C.CC1=CC[C@@H](CC=O)C1(C)C.CC1=CC[C@H](CC=O)C1(C)C.CCC(C)=O.CCC(C)=O.[HH].[HH]. The number of hydrogen-bond donors (Lipinski definition) is 0. The van der Waals surface area contributed by atoms with Crippen molar-refractivity contribution in [1.29, 1.82) is 0 Å². The van der Waals surface area contributed by atoms with Gasteiger partial charge in [0.2, 0.25) is 0 Å². The Morgan fingerprint density at radius 1 is 0.424 bits per heavy atom. The van der Waals surface area contributed by atoms with E-state index in [-0.39, 0.29) is 48.7 Å². The number of Topliss-reactive ketones (excluding diaryl/α,β-unsaturated/α-hetero) is 6. The highest BCUT2D eigenvalue weighted by atomic mass is 16.1. The molecule has 0 aromatic heterocycles. The van der Waals surface area contributed by atoms with Crippen molar-refractivity contribution >= 4 is 47.3 Å². The van der Waals surface area contributed by atoms with Gasteiger partial charge in [-0.2, -0.15) is 0 Å². The van der Waals surface area contributed by atoms with Gasteiger partial charge in [0.15, 0.2) is 11.6 Å². The minimum Gasteiger partial charge on any atom is -0.303 e. The third-order valence-corrected chi connectivity index (χ3v) is 25.1. The molecule has 4 unspecified atom stereocenters. The fourth-order valence-electron chi connectivity index (χ4n) is 13.1. The molecule has 2 saturated carbocycles. The number of ketones is 6. The molecular weight excluding hydrogens is 1140 g/mol. The molecule has 0 aliphatic heterocycles. The first-order chi connectivity index (χ1) is 42.1. The van der Waals surface area contributed by atoms with Gasteiger partial charge in [0.05, 0.1) is 0 Å². The molecule has 0 N–H and O–H groups in total. The number of carbonyl (C=O) groups is 8. The van der Waals surface area contributed by atoms with Crippen LogP contribution in [0.15, 0.2) is 69.9 Å². The van der Waals surface area contributed by atoms with Crippen molar-refractivity contribution in [2.75, 3.05) is 0 Å². The number of allylic oxidation sites excluding steroid dienone is 12. The Labute approximate surface area is 570 Å². The molecule has 0 spiro atoms. The van der Waals surface area contributed by atoms with Crippen molar-refractivity contribution in [1.82, 2.24) is 0 Å². The van der Waals surface area contributed by atoms with Crippen LogP contribution >= 0.6 is 0 Å². The summed E-state index contributed by atoms with van der Waals surface area (Å²) in [7, 11) is 0. The van der Waals surface area contributed by atoms with Gasteiger partial charge in [-0.05, 0) is 264 Å². The van der Waals surface area contributed by atoms with Gasteiger partial charge in [-0.25, -0.2) is 0 Å². The number of carbonyl (C=O) groups excluding carboxylic acids is 8. The van der Waals surface area contributed by atoms with E-state index < -0.39 is 0 Å². The lowest BCUT2D eigenvalue weighted by molar-refractivity contribution is -0.121. The summed E-state index contributed by atoms with van der Waals surface area (Å²) in [5.41, 5.74) is 9.71. The third-order valence-electron chi connectivity index (χ3n) is 25.1. The van der Waals surface area contributed by atoms with Gasteiger partial charge in [0.1, 0.15) is 35.7 Å². The van der Waals surface area contributed by atoms with Crippen LogP contribution in [-0.2, 0) is 38.4 Å². The summed E-state index contributed by atoms with van der Waals surface area (Å²) in [5.74, 6) is 7.85. The fourth-order valence-corrected chi connectivity index (χ4v) is 13.1. The monoisotopic (exact) mass is 1290 g/mol. The van der Waals surface area contributed by atoms with E-state index in [9.17, 15) is 38.4 Å². The molecule has 0 aromatic rings. The Kier molecular flexibility index (Phi) is 40.7. The Hall–Kier alpha value is -4.20. The van der Waals surface area contributed by atoms with E-state index in [1.807, 2.05) is 27.7 Å². The molecule has 0 heterocycles. The molecule has 8 heteroatoms. The van der Waals surface area contributed by atoms with Crippen molar-refractivity contribution in [2.24, 2.45) is 91.7 Å². The zero-order valence-electron chi connectivity index (χ0n) is 65.4. The van der Waals surface area contributed by atoms with Crippen LogP contribution in [0, 0.1) is 91.7 Å². The molecular formula is C84H148O8. The molecule has 0 bridgehead atoms. The van der Waals surface area contributed by atoms with Gasteiger partial charge in [-0.1, -0.05) is 183 Å². The lowest BCUT2D eigenvalue weighted by atomic mass is 9.74. The van der Waals surface area contributed by atoms with Crippen LogP contribution in [0.5, 0.6) is 0 Å². The van der Waals surface area contributed by atoms with Gasteiger partial charge in [-0.15, -0.1) is 0 Å². The average Bonchev–Trinajstić information content (AvgIpc) is 1.75. The highest BCUT2D eigenvalue weighted by molar-refractivity contribution is 5.93. The summed E-state index contributed by atoms with van der Waals surface area (Å²) < 4.78 is 0. The Balaban J connectivity index is -0.000000501. The quantitative estimate of drug-likeness (QED) is 0.0668. The van der Waals surface area contributed by atoms with Crippen molar-refractivity contribution in [3.05, 3.63) is 69.9 Å². The second-order valence-corrected chi connectivity index (χ2v) is 32.6. The summed E-state index contributed by atoms with van der Waals surface area (Å²) in [6.45, 7) is 62.7. The van der Waals surface area contributed by atoms with Gasteiger partial charge in [0, 0.05) is 40.4 Å². The lowest BCUT2D eigenvalue weighted by Crippen LogP contribution is -2.24. The van der Waals surface area contributed by atoms with Gasteiger partial charge in [-0.3, -0.25) is 19.2 Å². The molecule has 0 saturated heterocycles. The molecule has 10 atom stereocenters. The molecule has 0 amide bonds. The highest BCUT2D eigenvalue weighted by Gasteiger charge is 2.42. The van der Waals surface area contributed by atoms with Crippen LogP contribution in [0.2, 0.25) is 0 Å². The number of aldehydes is 2. The molecule has 6 aliphatic carbocycles. The maximum absolute atomic E-state index is 11.2. The Morgan fingerprint density at radius 2 is 0.652 bits per heavy atom. The zero-order chi connectivity index (χ0) is 72.1. The Morgan fingerprint density at radius 3 is 0.804 bits per heavy atom. The van der Waals surface area contributed by atoms with E-state index in [2.05, 4.69) is 175 Å². The highest BCUT2D eigenvalue weighted by Crippen LogP contribution is 2.51. The summed E-state index contributed by atoms with van der Waals surface area (Å²) in [6, 6.07) is 0. The van der Waals surface area contributed by atoms with Crippen LogP contribution in [0.3, 0.4) is 0 Å². The third kappa shape index (κ3) is 29.8. The first-order valence-electron chi connectivity index (χ1n) is 36.0. The molecule has 92 heavy (non-hydrogen) atoms. The number of hydrogen-bond acceptors (Lipinski definition) is 8. The summed E-state index contributed by atoms with van der Waals surface area (Å²) >= 11 is 0. The standard InChI is InChI=1S/2C14H26O.2C14H22O.2C10H16O.2C4H8O.2H2/c4*1-10(12(3)15)6-8-13-9-7-11(2)14(13,4)5;2*1-8-4-5-9(6-7-11)10(8,2)3;2*1-3-4(2)5;;/h2*10-11,13H,6-9H2,1-5H3;2*6-7,13H,8-9H2,1-5H3;2*4,7,9H,5-6H2,1-3H3;2*3H2,1-2H3;2*1H/b;;2*10-6+;;;;;;/t2*10?,11?,13-;2*13-;2*9-;;;;/m101010..../s1. The van der Waals surface area contributed by atoms with Crippen molar-refractivity contribution < 1.29 is 41.2 Å². The van der Waals surface area contributed by atoms with E-state index in [0.29, 0.717) is 82.6 Å². The van der Waals surface area contributed by atoms with Crippen molar-refractivity contribution in [3.63, 3.8) is 0 Å².